The average molecular weight is 358 g/mol. The van der Waals surface area contributed by atoms with Crippen molar-refractivity contribution in [2.75, 3.05) is 4.90 Å². The fourth-order valence-corrected chi connectivity index (χ4v) is 4.91. The van der Waals surface area contributed by atoms with Crippen molar-refractivity contribution in [1.29, 1.82) is 0 Å². The zero-order valence-corrected chi connectivity index (χ0v) is 13.9. The van der Waals surface area contributed by atoms with Crippen molar-refractivity contribution in [1.82, 2.24) is 4.98 Å². The van der Waals surface area contributed by atoms with Crippen molar-refractivity contribution < 1.29 is 14.0 Å². The Morgan fingerprint density at radius 2 is 1.88 bits per heavy atom. The van der Waals surface area contributed by atoms with Gasteiger partial charge in [-0.1, -0.05) is 23.9 Å². The second-order valence-corrected chi connectivity index (χ2v) is 7.78. The summed E-state index contributed by atoms with van der Waals surface area (Å²) in [5.41, 5.74) is 1.29. The molecule has 0 radical (unpaired) electrons. The first-order valence-corrected chi connectivity index (χ1v) is 8.96. The summed E-state index contributed by atoms with van der Waals surface area (Å²) in [6, 6.07) is 13.1. The number of anilines is 1. The van der Waals surface area contributed by atoms with Gasteiger partial charge in [0.05, 0.1) is 15.9 Å². The Hall–Kier alpha value is -2.25. The van der Waals surface area contributed by atoms with Gasteiger partial charge < -0.3 is 0 Å². The molecule has 1 unspecified atom stereocenters. The number of carbonyl (C=O) groups is 2. The Bertz CT molecular complexity index is 906. The number of nitrogens with zero attached hydrogens (tertiary/aromatic N) is 2. The second-order valence-electron chi connectivity index (χ2n) is 5.30. The van der Waals surface area contributed by atoms with Crippen LogP contribution in [0.2, 0.25) is 0 Å². The van der Waals surface area contributed by atoms with Gasteiger partial charge in [0.15, 0.2) is 4.34 Å². The highest BCUT2D eigenvalue weighted by Crippen LogP contribution is 2.37. The van der Waals surface area contributed by atoms with Crippen LogP contribution >= 0.6 is 23.1 Å². The Morgan fingerprint density at radius 3 is 2.62 bits per heavy atom. The first-order valence-electron chi connectivity index (χ1n) is 7.26. The number of thioether (sulfide) groups is 1. The Morgan fingerprint density at radius 1 is 1.12 bits per heavy atom. The van der Waals surface area contributed by atoms with Crippen LogP contribution in [-0.4, -0.2) is 22.0 Å². The van der Waals surface area contributed by atoms with Gasteiger partial charge in [-0.15, -0.1) is 11.3 Å². The maximum absolute atomic E-state index is 13.0. The number of para-hydroxylation sites is 1. The summed E-state index contributed by atoms with van der Waals surface area (Å²) in [6.07, 6.45) is 0.122. The molecule has 3 aromatic rings. The largest absolute Gasteiger partial charge is 0.274 e. The molecule has 1 aromatic heterocycles. The van der Waals surface area contributed by atoms with Gasteiger partial charge in [0.2, 0.25) is 11.8 Å². The van der Waals surface area contributed by atoms with Crippen molar-refractivity contribution in [2.24, 2.45) is 0 Å². The van der Waals surface area contributed by atoms with Crippen molar-refractivity contribution in [2.45, 2.75) is 16.0 Å². The van der Waals surface area contributed by atoms with Gasteiger partial charge in [-0.05, 0) is 36.4 Å². The summed E-state index contributed by atoms with van der Waals surface area (Å²) in [5, 5.41) is -0.497. The van der Waals surface area contributed by atoms with E-state index in [9.17, 15) is 14.0 Å². The molecule has 0 saturated carbocycles. The lowest BCUT2D eigenvalue weighted by atomic mass is 10.3. The number of halogens is 1. The van der Waals surface area contributed by atoms with Crippen molar-refractivity contribution in [3.63, 3.8) is 0 Å². The minimum atomic E-state index is -0.497. The second kappa shape index (κ2) is 5.99. The molecular formula is C17H11FN2O2S2. The molecule has 1 aliphatic heterocycles. The molecule has 4 nitrogen and oxygen atoms in total. The molecular weight excluding hydrogens is 347 g/mol. The highest BCUT2D eigenvalue weighted by molar-refractivity contribution is 8.02. The zero-order valence-electron chi connectivity index (χ0n) is 12.3. The predicted octanol–water partition coefficient (Wildman–Crippen LogP) is 3.86. The third-order valence-electron chi connectivity index (χ3n) is 3.71. The third-order valence-corrected chi connectivity index (χ3v) is 6.02. The first kappa shape index (κ1) is 15.3. The summed E-state index contributed by atoms with van der Waals surface area (Å²) >= 11 is 2.82. The summed E-state index contributed by atoms with van der Waals surface area (Å²) in [4.78, 5) is 30.4. The normalized spacial score (nSPS) is 17.9. The van der Waals surface area contributed by atoms with Gasteiger partial charge in [-0.3, -0.25) is 9.59 Å². The SMILES string of the molecule is O=C1CC(Sc2nc3ccccc3s2)C(=O)N1c1ccc(F)cc1. The zero-order chi connectivity index (χ0) is 16.7. The van der Waals surface area contributed by atoms with E-state index in [1.807, 2.05) is 24.3 Å². The quantitative estimate of drug-likeness (QED) is 0.667. The van der Waals surface area contributed by atoms with Gasteiger partial charge in [0, 0.05) is 6.42 Å². The lowest BCUT2D eigenvalue weighted by molar-refractivity contribution is -0.121. The van der Waals surface area contributed by atoms with Crippen LogP contribution in [0.4, 0.5) is 10.1 Å². The number of aromatic nitrogens is 1. The molecule has 7 heteroatoms. The summed E-state index contributed by atoms with van der Waals surface area (Å²) in [7, 11) is 0. The number of rotatable bonds is 3. The average Bonchev–Trinajstić information content (AvgIpc) is 3.09. The summed E-state index contributed by atoms with van der Waals surface area (Å²) in [5.74, 6) is -0.959. The number of hydrogen-bond donors (Lipinski definition) is 0. The number of hydrogen-bond acceptors (Lipinski definition) is 5. The van der Waals surface area contributed by atoms with E-state index < -0.39 is 11.1 Å². The molecule has 0 bridgehead atoms. The van der Waals surface area contributed by atoms with E-state index in [0.717, 1.165) is 19.5 Å². The molecule has 0 N–H and O–H groups in total. The van der Waals surface area contributed by atoms with E-state index in [-0.39, 0.29) is 18.2 Å². The summed E-state index contributed by atoms with van der Waals surface area (Å²) < 4.78 is 14.8. The van der Waals surface area contributed by atoms with Crippen LogP contribution in [0.3, 0.4) is 0 Å². The molecule has 0 aliphatic carbocycles. The van der Waals surface area contributed by atoms with Crippen LogP contribution in [0.15, 0.2) is 52.9 Å². The molecule has 1 fully saturated rings. The van der Waals surface area contributed by atoms with Gasteiger partial charge in [-0.2, -0.15) is 0 Å². The van der Waals surface area contributed by atoms with Gasteiger partial charge in [0.25, 0.3) is 0 Å². The molecule has 4 rings (SSSR count). The smallest absolute Gasteiger partial charge is 0.247 e. The van der Waals surface area contributed by atoms with Crippen LogP contribution < -0.4 is 4.90 Å². The van der Waals surface area contributed by atoms with E-state index in [1.54, 1.807) is 0 Å². The number of carbonyl (C=O) groups excluding carboxylic acids is 2. The monoisotopic (exact) mass is 358 g/mol. The maximum atomic E-state index is 13.0. The molecule has 1 saturated heterocycles. The molecule has 2 heterocycles. The Balaban J connectivity index is 1.57. The van der Waals surface area contributed by atoms with Crippen LogP contribution in [0.25, 0.3) is 10.2 Å². The number of benzene rings is 2. The first-order chi connectivity index (χ1) is 11.6. The highest BCUT2D eigenvalue weighted by atomic mass is 32.2. The standard InChI is InChI=1S/C17H11FN2O2S2/c18-10-5-7-11(8-6-10)20-15(21)9-14(16(20)22)24-17-19-12-3-1-2-4-13(12)23-17/h1-8,14H,9H2. The highest BCUT2D eigenvalue weighted by Gasteiger charge is 2.40. The van der Waals surface area contributed by atoms with Crippen LogP contribution in [-0.2, 0) is 9.59 Å². The fraction of sp³-hybridized carbons (Fsp3) is 0.118. The molecule has 1 aliphatic rings. The molecule has 120 valence electrons. The number of imide groups is 1. The lowest BCUT2D eigenvalue weighted by Gasteiger charge is -2.14. The molecule has 24 heavy (non-hydrogen) atoms. The molecule has 1 atom stereocenters. The van der Waals surface area contributed by atoms with E-state index in [4.69, 9.17) is 0 Å². The van der Waals surface area contributed by atoms with Gasteiger partial charge >= 0.3 is 0 Å². The Labute approximate surface area is 145 Å². The number of amides is 2. The molecule has 2 aromatic carbocycles. The van der Waals surface area contributed by atoms with E-state index >= 15 is 0 Å². The van der Waals surface area contributed by atoms with E-state index in [1.165, 1.54) is 47.4 Å². The van der Waals surface area contributed by atoms with Crippen LogP contribution in [0, 0.1) is 5.82 Å². The van der Waals surface area contributed by atoms with Gasteiger partial charge in [0.1, 0.15) is 11.1 Å². The third kappa shape index (κ3) is 2.70. The molecule has 0 spiro atoms. The van der Waals surface area contributed by atoms with Crippen molar-refractivity contribution in [3.8, 4) is 0 Å². The maximum Gasteiger partial charge on any atom is 0.247 e. The Kier molecular flexibility index (Phi) is 3.82. The van der Waals surface area contributed by atoms with Crippen LogP contribution in [0.5, 0.6) is 0 Å². The number of fused-ring (bicyclic) bond motifs is 1. The van der Waals surface area contributed by atoms with Crippen molar-refractivity contribution in [3.05, 3.63) is 54.3 Å². The summed E-state index contributed by atoms with van der Waals surface area (Å²) in [6.45, 7) is 0. The number of thiazole rings is 1. The lowest BCUT2D eigenvalue weighted by Crippen LogP contribution is -2.31. The fourth-order valence-electron chi connectivity index (χ4n) is 2.58. The topological polar surface area (TPSA) is 50.3 Å². The minimum Gasteiger partial charge on any atom is -0.274 e. The van der Waals surface area contributed by atoms with Crippen LogP contribution in [0.1, 0.15) is 6.42 Å². The van der Waals surface area contributed by atoms with E-state index in [0.29, 0.717) is 5.69 Å². The van der Waals surface area contributed by atoms with Crippen molar-refractivity contribution >= 4 is 50.8 Å². The van der Waals surface area contributed by atoms with Gasteiger partial charge in [-0.25, -0.2) is 14.3 Å². The minimum absolute atomic E-state index is 0.122. The predicted molar refractivity (Wildman–Crippen MR) is 92.8 cm³/mol. The molecule has 2 amide bonds. The van der Waals surface area contributed by atoms with E-state index in [2.05, 4.69) is 4.98 Å².